The molecule has 0 aromatic heterocycles. The molecule has 3 nitrogen and oxygen atoms in total. The Hall–Kier alpha value is -1.84. The lowest BCUT2D eigenvalue weighted by Gasteiger charge is -2.19. The normalized spacial score (nSPS) is 17.4. The van der Waals surface area contributed by atoms with E-state index in [1.165, 1.54) is 16.7 Å². The molecule has 0 spiro atoms. The van der Waals surface area contributed by atoms with Crippen LogP contribution in [-0.4, -0.2) is 19.3 Å². The van der Waals surface area contributed by atoms with Crippen LogP contribution >= 0.6 is 0 Å². The lowest BCUT2D eigenvalue weighted by molar-refractivity contribution is 0.0679. The molecule has 0 saturated carbocycles. The lowest BCUT2D eigenvalue weighted by Crippen LogP contribution is -2.16. The van der Waals surface area contributed by atoms with Crippen molar-refractivity contribution in [1.82, 2.24) is 5.32 Å². The molecule has 0 radical (unpaired) electrons. The standard InChI is InChI=1S/C23H31NO2/c1-23(2,3)20-11-9-18(10-12-20)15-24-16-19-6-4-7-21(14-19)26-17-22-8-5-13-25-22/h4,6-7,9-12,14,22,24H,5,8,13,15-17H2,1-3H3. The third-order valence-electron chi connectivity index (χ3n) is 4.84. The van der Waals surface area contributed by atoms with Gasteiger partial charge < -0.3 is 14.8 Å². The van der Waals surface area contributed by atoms with Crippen LogP contribution in [0.25, 0.3) is 0 Å². The van der Waals surface area contributed by atoms with Gasteiger partial charge in [-0.2, -0.15) is 0 Å². The Balaban J connectivity index is 1.46. The van der Waals surface area contributed by atoms with Gasteiger partial charge >= 0.3 is 0 Å². The fraction of sp³-hybridized carbons (Fsp3) is 0.478. The van der Waals surface area contributed by atoms with Crippen molar-refractivity contribution in [2.75, 3.05) is 13.2 Å². The van der Waals surface area contributed by atoms with Crippen LogP contribution in [0.4, 0.5) is 0 Å². The first-order chi connectivity index (χ1) is 12.5. The monoisotopic (exact) mass is 353 g/mol. The van der Waals surface area contributed by atoms with Crippen molar-refractivity contribution in [1.29, 1.82) is 0 Å². The first-order valence-electron chi connectivity index (χ1n) is 9.64. The predicted molar refractivity (Wildman–Crippen MR) is 107 cm³/mol. The lowest BCUT2D eigenvalue weighted by atomic mass is 9.87. The molecule has 1 aliphatic heterocycles. The number of hydrogen-bond acceptors (Lipinski definition) is 3. The minimum Gasteiger partial charge on any atom is -0.491 e. The summed E-state index contributed by atoms with van der Waals surface area (Å²) in [5.41, 5.74) is 4.12. The molecule has 2 aromatic rings. The van der Waals surface area contributed by atoms with Crippen LogP contribution in [0.5, 0.6) is 5.75 Å². The molecule has 1 atom stereocenters. The van der Waals surface area contributed by atoms with E-state index in [1.54, 1.807) is 0 Å². The molecule has 3 rings (SSSR count). The van der Waals surface area contributed by atoms with Crippen molar-refractivity contribution in [3.8, 4) is 5.75 Å². The summed E-state index contributed by atoms with van der Waals surface area (Å²) < 4.78 is 11.5. The van der Waals surface area contributed by atoms with Gasteiger partial charge in [0.2, 0.25) is 0 Å². The average molecular weight is 354 g/mol. The summed E-state index contributed by atoms with van der Waals surface area (Å²) in [4.78, 5) is 0. The smallest absolute Gasteiger partial charge is 0.119 e. The summed E-state index contributed by atoms with van der Waals surface area (Å²) >= 11 is 0. The molecular weight excluding hydrogens is 322 g/mol. The summed E-state index contributed by atoms with van der Waals surface area (Å²) in [5.74, 6) is 0.925. The number of benzene rings is 2. The summed E-state index contributed by atoms with van der Waals surface area (Å²) in [5, 5.41) is 3.52. The molecule has 2 aromatic carbocycles. The van der Waals surface area contributed by atoms with Gasteiger partial charge in [0.05, 0.1) is 6.10 Å². The Bertz CT molecular complexity index is 682. The molecule has 1 aliphatic rings. The minimum atomic E-state index is 0.204. The molecule has 0 aliphatic carbocycles. The second-order valence-electron chi connectivity index (χ2n) is 8.14. The fourth-order valence-corrected chi connectivity index (χ4v) is 3.18. The Morgan fingerprint density at radius 3 is 2.50 bits per heavy atom. The predicted octanol–water partition coefficient (Wildman–Crippen LogP) is 4.83. The van der Waals surface area contributed by atoms with Crippen LogP contribution in [-0.2, 0) is 23.2 Å². The third kappa shape index (κ3) is 5.58. The number of hydrogen-bond donors (Lipinski definition) is 1. The zero-order valence-electron chi connectivity index (χ0n) is 16.3. The topological polar surface area (TPSA) is 30.5 Å². The van der Waals surface area contributed by atoms with Crippen molar-refractivity contribution in [3.63, 3.8) is 0 Å². The van der Waals surface area contributed by atoms with Crippen LogP contribution in [0.1, 0.15) is 50.3 Å². The maximum atomic E-state index is 5.89. The van der Waals surface area contributed by atoms with Gasteiger partial charge in [-0.25, -0.2) is 0 Å². The summed E-state index contributed by atoms with van der Waals surface area (Å²) in [7, 11) is 0. The quantitative estimate of drug-likeness (QED) is 0.773. The van der Waals surface area contributed by atoms with E-state index in [1.807, 2.05) is 6.07 Å². The highest BCUT2D eigenvalue weighted by atomic mass is 16.5. The van der Waals surface area contributed by atoms with Gasteiger partial charge in [-0.15, -0.1) is 0 Å². The maximum absolute atomic E-state index is 5.89. The Morgan fingerprint density at radius 2 is 1.81 bits per heavy atom. The molecule has 3 heteroatoms. The molecule has 1 fully saturated rings. The zero-order chi connectivity index (χ0) is 18.4. The van der Waals surface area contributed by atoms with Gasteiger partial charge in [0.25, 0.3) is 0 Å². The summed E-state index contributed by atoms with van der Waals surface area (Å²) in [6, 6.07) is 17.2. The van der Waals surface area contributed by atoms with Crippen molar-refractivity contribution in [2.24, 2.45) is 0 Å². The first-order valence-corrected chi connectivity index (χ1v) is 9.64. The number of rotatable bonds is 7. The molecule has 0 bridgehead atoms. The van der Waals surface area contributed by atoms with E-state index in [0.717, 1.165) is 38.3 Å². The highest BCUT2D eigenvalue weighted by Gasteiger charge is 2.16. The zero-order valence-corrected chi connectivity index (χ0v) is 16.3. The van der Waals surface area contributed by atoms with E-state index in [2.05, 4.69) is 68.6 Å². The molecule has 1 saturated heterocycles. The van der Waals surface area contributed by atoms with Crippen molar-refractivity contribution >= 4 is 0 Å². The van der Waals surface area contributed by atoms with Crippen LogP contribution in [0, 0.1) is 0 Å². The highest BCUT2D eigenvalue weighted by molar-refractivity contribution is 5.29. The average Bonchev–Trinajstić information content (AvgIpc) is 3.14. The largest absolute Gasteiger partial charge is 0.491 e. The van der Waals surface area contributed by atoms with Gasteiger partial charge in [-0.1, -0.05) is 57.2 Å². The maximum Gasteiger partial charge on any atom is 0.119 e. The number of ether oxygens (including phenoxy) is 2. The Kier molecular flexibility index (Phi) is 6.33. The molecule has 1 N–H and O–H groups in total. The Morgan fingerprint density at radius 1 is 1.04 bits per heavy atom. The van der Waals surface area contributed by atoms with Crippen molar-refractivity contribution in [2.45, 2.75) is 58.2 Å². The van der Waals surface area contributed by atoms with Crippen molar-refractivity contribution in [3.05, 3.63) is 65.2 Å². The van der Waals surface area contributed by atoms with Gasteiger partial charge in [0, 0.05) is 19.7 Å². The first kappa shape index (κ1) is 18.9. The third-order valence-corrected chi connectivity index (χ3v) is 4.84. The second kappa shape index (κ2) is 8.70. The van der Waals surface area contributed by atoms with Crippen LogP contribution in [0.2, 0.25) is 0 Å². The van der Waals surface area contributed by atoms with E-state index in [4.69, 9.17) is 9.47 Å². The van der Waals surface area contributed by atoms with E-state index >= 15 is 0 Å². The second-order valence-corrected chi connectivity index (χ2v) is 8.14. The minimum absolute atomic E-state index is 0.204. The van der Waals surface area contributed by atoms with Crippen LogP contribution in [0.15, 0.2) is 48.5 Å². The molecule has 26 heavy (non-hydrogen) atoms. The van der Waals surface area contributed by atoms with Crippen molar-refractivity contribution < 1.29 is 9.47 Å². The van der Waals surface area contributed by atoms with Gasteiger partial charge in [0.1, 0.15) is 12.4 Å². The Labute approximate surface area is 157 Å². The van der Waals surface area contributed by atoms with E-state index < -0.39 is 0 Å². The van der Waals surface area contributed by atoms with Gasteiger partial charge in [-0.3, -0.25) is 0 Å². The van der Waals surface area contributed by atoms with E-state index in [9.17, 15) is 0 Å². The SMILES string of the molecule is CC(C)(C)c1ccc(CNCc2cccc(OCC3CCCO3)c2)cc1. The molecule has 1 unspecified atom stereocenters. The number of nitrogens with one attached hydrogen (secondary N) is 1. The molecule has 0 amide bonds. The fourth-order valence-electron chi connectivity index (χ4n) is 3.18. The van der Waals surface area contributed by atoms with E-state index in [0.29, 0.717) is 6.61 Å². The van der Waals surface area contributed by atoms with Crippen LogP contribution < -0.4 is 10.1 Å². The summed E-state index contributed by atoms with van der Waals surface area (Å²) in [6.45, 7) is 9.95. The summed E-state index contributed by atoms with van der Waals surface area (Å²) in [6.07, 6.45) is 2.51. The van der Waals surface area contributed by atoms with Gasteiger partial charge in [0.15, 0.2) is 0 Å². The van der Waals surface area contributed by atoms with Crippen LogP contribution in [0.3, 0.4) is 0 Å². The molecule has 1 heterocycles. The molecule has 140 valence electrons. The van der Waals surface area contributed by atoms with Gasteiger partial charge in [-0.05, 0) is 47.1 Å². The van der Waals surface area contributed by atoms with E-state index in [-0.39, 0.29) is 11.5 Å². The molecular formula is C23H31NO2. The highest BCUT2D eigenvalue weighted by Crippen LogP contribution is 2.22.